The van der Waals surface area contributed by atoms with Gasteiger partial charge in [-0.1, -0.05) is 6.07 Å². The standard InChI is InChI=1S/C12H20N2O4S.ClH/c1-12(2,8-13)14-19(15,16)11-9(17-3)6-5-7-10(11)18-4;/h5-7,14H,8,13H2,1-4H3;1H. The van der Waals surface area contributed by atoms with E-state index in [2.05, 4.69) is 4.72 Å². The number of nitrogens with two attached hydrogens (primary N) is 1. The number of methoxy groups -OCH3 is 2. The van der Waals surface area contributed by atoms with E-state index in [1.54, 1.807) is 32.0 Å². The van der Waals surface area contributed by atoms with Crippen LogP contribution in [0.15, 0.2) is 23.1 Å². The van der Waals surface area contributed by atoms with Gasteiger partial charge in [0, 0.05) is 12.1 Å². The van der Waals surface area contributed by atoms with Crippen LogP contribution in [0.5, 0.6) is 11.5 Å². The maximum absolute atomic E-state index is 12.4. The predicted molar refractivity (Wildman–Crippen MR) is 80.2 cm³/mol. The minimum atomic E-state index is -3.80. The van der Waals surface area contributed by atoms with Crippen molar-refractivity contribution in [2.45, 2.75) is 24.3 Å². The van der Waals surface area contributed by atoms with Crippen molar-refractivity contribution in [3.8, 4) is 11.5 Å². The molecule has 0 saturated carbocycles. The highest BCUT2D eigenvalue weighted by Gasteiger charge is 2.30. The summed E-state index contributed by atoms with van der Waals surface area (Å²) < 4.78 is 37.6. The van der Waals surface area contributed by atoms with E-state index in [1.807, 2.05) is 0 Å². The van der Waals surface area contributed by atoms with Gasteiger partial charge >= 0.3 is 0 Å². The van der Waals surface area contributed by atoms with Gasteiger partial charge in [-0.05, 0) is 26.0 Å². The van der Waals surface area contributed by atoms with Crippen molar-refractivity contribution < 1.29 is 17.9 Å². The summed E-state index contributed by atoms with van der Waals surface area (Å²) >= 11 is 0. The van der Waals surface area contributed by atoms with Crippen LogP contribution in [0, 0.1) is 0 Å². The van der Waals surface area contributed by atoms with Crippen molar-refractivity contribution in [2.24, 2.45) is 5.73 Å². The molecule has 0 amide bonds. The number of hydrogen-bond donors (Lipinski definition) is 2. The van der Waals surface area contributed by atoms with Crippen molar-refractivity contribution in [1.29, 1.82) is 0 Å². The molecule has 8 heteroatoms. The Labute approximate surface area is 126 Å². The molecule has 0 heterocycles. The van der Waals surface area contributed by atoms with Crippen molar-refractivity contribution in [3.63, 3.8) is 0 Å². The number of hydrogen-bond acceptors (Lipinski definition) is 5. The summed E-state index contributed by atoms with van der Waals surface area (Å²) in [7, 11) is -0.986. The SMILES string of the molecule is COc1cccc(OC)c1S(=O)(=O)NC(C)(C)CN.Cl. The number of benzene rings is 1. The van der Waals surface area contributed by atoms with Crippen LogP contribution in [0.1, 0.15) is 13.8 Å². The van der Waals surface area contributed by atoms with Gasteiger partial charge in [-0.3, -0.25) is 0 Å². The molecule has 0 aliphatic heterocycles. The molecule has 0 aliphatic carbocycles. The second-order valence-electron chi connectivity index (χ2n) is 4.69. The lowest BCUT2D eigenvalue weighted by atomic mass is 10.1. The Kier molecular flexibility index (Phi) is 6.76. The molecular weight excluding hydrogens is 304 g/mol. The van der Waals surface area contributed by atoms with E-state index in [0.717, 1.165) is 0 Å². The molecule has 0 radical (unpaired) electrons. The number of halogens is 1. The molecule has 6 nitrogen and oxygen atoms in total. The zero-order chi connectivity index (χ0) is 14.7. The predicted octanol–water partition coefficient (Wildman–Crippen LogP) is 1.14. The zero-order valence-corrected chi connectivity index (χ0v) is 13.6. The fraction of sp³-hybridized carbons (Fsp3) is 0.500. The van der Waals surface area contributed by atoms with E-state index >= 15 is 0 Å². The third kappa shape index (κ3) is 4.24. The van der Waals surface area contributed by atoms with Crippen molar-refractivity contribution >= 4 is 22.4 Å². The number of rotatable bonds is 6. The first-order chi connectivity index (χ1) is 8.77. The summed E-state index contributed by atoms with van der Waals surface area (Å²) in [4.78, 5) is -0.0264. The van der Waals surface area contributed by atoms with Crippen LogP contribution in [0.4, 0.5) is 0 Å². The highest BCUT2D eigenvalue weighted by Crippen LogP contribution is 2.33. The molecule has 0 unspecified atom stereocenters. The average molecular weight is 325 g/mol. The maximum atomic E-state index is 12.4. The molecule has 1 rings (SSSR count). The zero-order valence-electron chi connectivity index (χ0n) is 12.0. The van der Waals surface area contributed by atoms with Crippen molar-refractivity contribution in [2.75, 3.05) is 20.8 Å². The number of sulfonamides is 1. The second-order valence-corrected chi connectivity index (χ2v) is 6.30. The molecule has 0 spiro atoms. The van der Waals surface area contributed by atoms with E-state index in [9.17, 15) is 8.42 Å². The monoisotopic (exact) mass is 324 g/mol. The van der Waals surface area contributed by atoms with E-state index in [1.165, 1.54) is 14.2 Å². The van der Waals surface area contributed by atoms with Gasteiger partial charge < -0.3 is 15.2 Å². The summed E-state index contributed by atoms with van der Waals surface area (Å²) in [5, 5.41) is 0. The lowest BCUT2D eigenvalue weighted by Gasteiger charge is -2.25. The number of ether oxygens (including phenoxy) is 2. The third-order valence-corrected chi connectivity index (χ3v) is 4.33. The fourth-order valence-electron chi connectivity index (χ4n) is 1.54. The molecule has 0 fully saturated rings. The highest BCUT2D eigenvalue weighted by molar-refractivity contribution is 7.89. The van der Waals surface area contributed by atoms with Crippen molar-refractivity contribution in [1.82, 2.24) is 4.72 Å². The van der Waals surface area contributed by atoms with Gasteiger partial charge in [0.15, 0.2) is 4.90 Å². The molecule has 116 valence electrons. The maximum Gasteiger partial charge on any atom is 0.248 e. The summed E-state index contributed by atoms with van der Waals surface area (Å²) in [6.45, 7) is 3.57. The van der Waals surface area contributed by atoms with Gasteiger partial charge in [-0.2, -0.15) is 0 Å². The van der Waals surface area contributed by atoms with Gasteiger partial charge in [0.2, 0.25) is 10.0 Å². The van der Waals surface area contributed by atoms with Gasteiger partial charge in [0.25, 0.3) is 0 Å². The summed E-state index contributed by atoms with van der Waals surface area (Å²) in [5.74, 6) is 0.444. The minimum absolute atomic E-state index is 0. The number of nitrogens with one attached hydrogen (secondary N) is 1. The quantitative estimate of drug-likeness (QED) is 0.819. The van der Waals surface area contributed by atoms with Gasteiger partial charge in [-0.15, -0.1) is 12.4 Å². The molecule has 0 atom stereocenters. The molecule has 1 aromatic carbocycles. The lowest BCUT2D eigenvalue weighted by molar-refractivity contribution is 0.371. The van der Waals surface area contributed by atoms with E-state index in [4.69, 9.17) is 15.2 Å². The summed E-state index contributed by atoms with van der Waals surface area (Å²) in [6, 6.07) is 4.78. The van der Waals surface area contributed by atoms with Gasteiger partial charge in [0.1, 0.15) is 11.5 Å². The van der Waals surface area contributed by atoms with Crippen LogP contribution in [-0.4, -0.2) is 34.7 Å². The van der Waals surface area contributed by atoms with Crippen LogP contribution < -0.4 is 19.9 Å². The Hall–Kier alpha value is -1.02. The molecule has 20 heavy (non-hydrogen) atoms. The topological polar surface area (TPSA) is 90.6 Å². The first-order valence-electron chi connectivity index (χ1n) is 5.72. The van der Waals surface area contributed by atoms with Gasteiger partial charge in [0.05, 0.1) is 14.2 Å². The highest BCUT2D eigenvalue weighted by atomic mass is 35.5. The normalized spacial score (nSPS) is 11.7. The smallest absolute Gasteiger partial charge is 0.248 e. The summed E-state index contributed by atoms with van der Waals surface area (Å²) in [5.41, 5.74) is 4.78. The van der Waals surface area contributed by atoms with Crippen LogP contribution in [0.2, 0.25) is 0 Å². The Bertz CT molecular complexity index is 524. The van der Waals surface area contributed by atoms with E-state index in [0.29, 0.717) is 0 Å². The summed E-state index contributed by atoms with van der Waals surface area (Å²) in [6.07, 6.45) is 0. The second kappa shape index (κ2) is 7.12. The molecule has 0 aliphatic rings. The van der Waals surface area contributed by atoms with Gasteiger partial charge in [-0.25, -0.2) is 13.1 Å². The average Bonchev–Trinajstić information content (AvgIpc) is 2.36. The first kappa shape index (κ1) is 19.0. The Morgan fingerprint density at radius 3 is 2.00 bits per heavy atom. The molecule has 3 N–H and O–H groups in total. The largest absolute Gasteiger partial charge is 0.495 e. The molecule has 1 aromatic rings. The van der Waals surface area contributed by atoms with Crippen LogP contribution in [0.25, 0.3) is 0 Å². The minimum Gasteiger partial charge on any atom is -0.495 e. The van der Waals surface area contributed by atoms with E-state index < -0.39 is 15.6 Å². The first-order valence-corrected chi connectivity index (χ1v) is 7.21. The van der Waals surface area contributed by atoms with Crippen LogP contribution >= 0.6 is 12.4 Å². The molecule has 0 bridgehead atoms. The fourth-order valence-corrected chi connectivity index (χ4v) is 3.28. The molecular formula is C12H21ClN2O4S. The van der Waals surface area contributed by atoms with Crippen molar-refractivity contribution in [3.05, 3.63) is 18.2 Å². The Balaban J connectivity index is 0.00000361. The van der Waals surface area contributed by atoms with Crippen LogP contribution in [0.3, 0.4) is 0 Å². The Morgan fingerprint density at radius 2 is 1.65 bits per heavy atom. The van der Waals surface area contributed by atoms with Crippen LogP contribution in [-0.2, 0) is 10.0 Å². The Morgan fingerprint density at radius 1 is 1.20 bits per heavy atom. The molecule has 0 aromatic heterocycles. The molecule has 0 saturated heterocycles. The lowest BCUT2D eigenvalue weighted by Crippen LogP contribution is -2.48. The third-order valence-electron chi connectivity index (χ3n) is 2.57. The van der Waals surface area contributed by atoms with E-state index in [-0.39, 0.29) is 35.3 Å².